The molecule has 1 aromatic heterocycles. The summed E-state index contributed by atoms with van der Waals surface area (Å²) < 4.78 is 10.1. The first-order chi connectivity index (χ1) is 9.26. The highest BCUT2D eigenvalue weighted by molar-refractivity contribution is 7.13. The molecule has 0 saturated carbocycles. The van der Waals surface area contributed by atoms with Crippen LogP contribution in [0.25, 0.3) is 0 Å². The van der Waals surface area contributed by atoms with Crippen LogP contribution < -0.4 is 5.32 Å². The van der Waals surface area contributed by atoms with Gasteiger partial charge in [0.2, 0.25) is 0 Å². The van der Waals surface area contributed by atoms with Crippen molar-refractivity contribution in [1.29, 1.82) is 0 Å². The minimum atomic E-state index is -0.263. The van der Waals surface area contributed by atoms with E-state index in [2.05, 4.69) is 22.0 Å². The van der Waals surface area contributed by atoms with E-state index in [0.29, 0.717) is 0 Å². The Morgan fingerprint density at radius 1 is 1.42 bits per heavy atom. The van der Waals surface area contributed by atoms with Crippen LogP contribution in [0.2, 0.25) is 0 Å². The third-order valence-corrected chi connectivity index (χ3v) is 3.34. The molecule has 0 aliphatic rings. The summed E-state index contributed by atoms with van der Waals surface area (Å²) in [4.78, 5) is 15.4. The van der Waals surface area contributed by atoms with Crippen LogP contribution in [0.3, 0.4) is 0 Å². The zero-order chi connectivity index (χ0) is 13.9. The summed E-state index contributed by atoms with van der Waals surface area (Å²) in [6.07, 6.45) is 3.47. The molecule has 0 unspecified atom stereocenters. The van der Waals surface area contributed by atoms with Gasteiger partial charge in [-0.15, -0.1) is 11.3 Å². The molecular weight excluding hydrogens is 264 g/mol. The Morgan fingerprint density at radius 2 is 2.21 bits per heavy atom. The van der Waals surface area contributed by atoms with E-state index in [1.807, 2.05) is 5.38 Å². The first-order valence-corrected chi connectivity index (χ1v) is 7.47. The normalized spacial score (nSPS) is 10.4. The number of nitrogens with zero attached hydrogens (tertiary/aromatic N) is 1. The van der Waals surface area contributed by atoms with Gasteiger partial charge in [-0.1, -0.05) is 13.3 Å². The van der Waals surface area contributed by atoms with Gasteiger partial charge < -0.3 is 14.8 Å². The van der Waals surface area contributed by atoms with Crippen molar-refractivity contribution in [3.63, 3.8) is 0 Å². The van der Waals surface area contributed by atoms with E-state index in [1.165, 1.54) is 24.9 Å². The van der Waals surface area contributed by atoms with Gasteiger partial charge in [0.05, 0.1) is 19.2 Å². The van der Waals surface area contributed by atoms with E-state index >= 15 is 0 Å². The molecular formula is C13H22N2O3S. The third-order valence-electron chi connectivity index (χ3n) is 2.49. The maximum Gasteiger partial charge on any atom is 0.311 e. The molecule has 0 aliphatic carbocycles. The van der Waals surface area contributed by atoms with Crippen LogP contribution >= 0.6 is 11.3 Å². The predicted molar refractivity (Wildman–Crippen MR) is 76.7 cm³/mol. The van der Waals surface area contributed by atoms with Crippen molar-refractivity contribution in [2.75, 3.05) is 32.2 Å². The Bertz CT molecular complexity index is 369. The SMILES string of the molecule is CCCCOCCCNc1nc(CC(=O)OC)cs1. The molecule has 0 amide bonds. The van der Waals surface area contributed by atoms with Gasteiger partial charge in [0.25, 0.3) is 0 Å². The summed E-state index contributed by atoms with van der Waals surface area (Å²) in [6, 6.07) is 0. The number of carbonyl (C=O) groups excluding carboxylic acids is 1. The molecule has 5 nitrogen and oxygen atoms in total. The number of nitrogens with one attached hydrogen (secondary N) is 1. The molecule has 1 aromatic rings. The van der Waals surface area contributed by atoms with Gasteiger partial charge >= 0.3 is 5.97 Å². The third kappa shape index (κ3) is 7.12. The van der Waals surface area contributed by atoms with Crippen LogP contribution in [0.4, 0.5) is 5.13 Å². The van der Waals surface area contributed by atoms with Crippen LogP contribution in [-0.4, -0.2) is 37.8 Å². The lowest BCUT2D eigenvalue weighted by Gasteiger charge is -2.04. The van der Waals surface area contributed by atoms with Gasteiger partial charge in [-0.25, -0.2) is 4.98 Å². The lowest BCUT2D eigenvalue weighted by molar-refractivity contribution is -0.139. The standard InChI is InChI=1S/C13H22N2O3S/c1-3-4-7-18-8-5-6-14-13-15-11(10-19-13)9-12(16)17-2/h10H,3-9H2,1-2H3,(H,14,15). The number of thiazole rings is 1. The zero-order valence-corrected chi connectivity index (χ0v) is 12.4. The Balaban J connectivity index is 2.11. The summed E-state index contributed by atoms with van der Waals surface area (Å²) in [5.74, 6) is -0.263. The molecule has 108 valence electrons. The average Bonchev–Trinajstić information content (AvgIpc) is 2.85. The highest BCUT2D eigenvalue weighted by Crippen LogP contribution is 2.15. The second-order valence-corrected chi connectivity index (χ2v) is 5.00. The topological polar surface area (TPSA) is 60.5 Å². The minimum absolute atomic E-state index is 0.231. The maximum atomic E-state index is 11.1. The average molecular weight is 286 g/mol. The van der Waals surface area contributed by atoms with E-state index in [1.54, 1.807) is 0 Å². The number of esters is 1. The lowest BCUT2D eigenvalue weighted by atomic mass is 10.3. The molecule has 0 spiro atoms. The highest BCUT2D eigenvalue weighted by Gasteiger charge is 2.07. The zero-order valence-electron chi connectivity index (χ0n) is 11.6. The van der Waals surface area contributed by atoms with E-state index in [-0.39, 0.29) is 12.4 Å². The van der Waals surface area contributed by atoms with Gasteiger partial charge in [0.1, 0.15) is 0 Å². The van der Waals surface area contributed by atoms with Crippen LogP contribution in [0, 0.1) is 0 Å². The number of ether oxygens (including phenoxy) is 2. The molecule has 0 aliphatic heterocycles. The van der Waals surface area contributed by atoms with Crippen LogP contribution in [0.5, 0.6) is 0 Å². The van der Waals surface area contributed by atoms with Crippen molar-refractivity contribution in [3.05, 3.63) is 11.1 Å². The van der Waals surface area contributed by atoms with Gasteiger partial charge in [0.15, 0.2) is 5.13 Å². The molecule has 0 radical (unpaired) electrons. The van der Waals surface area contributed by atoms with E-state index in [0.717, 1.165) is 43.4 Å². The Kier molecular flexibility index (Phi) is 8.16. The van der Waals surface area contributed by atoms with Crippen molar-refractivity contribution in [2.24, 2.45) is 0 Å². The second-order valence-electron chi connectivity index (χ2n) is 4.14. The van der Waals surface area contributed by atoms with E-state index < -0.39 is 0 Å². The number of rotatable bonds is 10. The monoisotopic (exact) mass is 286 g/mol. The Morgan fingerprint density at radius 3 is 2.95 bits per heavy atom. The first kappa shape index (κ1) is 15.9. The molecule has 0 bridgehead atoms. The van der Waals surface area contributed by atoms with Crippen molar-refractivity contribution >= 4 is 22.4 Å². The maximum absolute atomic E-state index is 11.1. The van der Waals surface area contributed by atoms with Crippen LogP contribution in [-0.2, 0) is 20.7 Å². The Labute approximate surface area is 118 Å². The van der Waals surface area contributed by atoms with Crippen molar-refractivity contribution in [2.45, 2.75) is 32.6 Å². The number of anilines is 1. The van der Waals surface area contributed by atoms with Crippen LogP contribution in [0.1, 0.15) is 31.9 Å². The van der Waals surface area contributed by atoms with E-state index in [9.17, 15) is 4.79 Å². The van der Waals surface area contributed by atoms with Crippen LogP contribution in [0.15, 0.2) is 5.38 Å². The molecule has 0 saturated heterocycles. The highest BCUT2D eigenvalue weighted by atomic mass is 32.1. The summed E-state index contributed by atoms with van der Waals surface area (Å²) >= 11 is 1.50. The molecule has 1 rings (SSSR count). The summed E-state index contributed by atoms with van der Waals surface area (Å²) in [6.45, 7) is 4.60. The Hall–Kier alpha value is -1.14. The minimum Gasteiger partial charge on any atom is -0.469 e. The smallest absolute Gasteiger partial charge is 0.311 e. The fraction of sp³-hybridized carbons (Fsp3) is 0.692. The number of carbonyl (C=O) groups is 1. The first-order valence-electron chi connectivity index (χ1n) is 6.59. The summed E-state index contributed by atoms with van der Waals surface area (Å²) in [5.41, 5.74) is 0.749. The van der Waals surface area contributed by atoms with Crippen molar-refractivity contribution in [1.82, 2.24) is 4.98 Å². The fourth-order valence-corrected chi connectivity index (χ4v) is 2.15. The van der Waals surface area contributed by atoms with Gasteiger partial charge in [-0.2, -0.15) is 0 Å². The predicted octanol–water partition coefficient (Wildman–Crippen LogP) is 2.48. The number of hydrogen-bond acceptors (Lipinski definition) is 6. The molecule has 6 heteroatoms. The molecule has 1 N–H and O–H groups in total. The summed E-state index contributed by atoms with van der Waals surface area (Å²) in [5, 5.41) is 5.93. The number of hydrogen-bond donors (Lipinski definition) is 1. The molecule has 0 aromatic carbocycles. The number of unbranched alkanes of at least 4 members (excludes halogenated alkanes) is 1. The van der Waals surface area contributed by atoms with Crippen molar-refractivity contribution in [3.8, 4) is 0 Å². The molecule has 0 fully saturated rings. The molecule has 19 heavy (non-hydrogen) atoms. The summed E-state index contributed by atoms with van der Waals surface area (Å²) in [7, 11) is 1.38. The molecule has 0 atom stereocenters. The quantitative estimate of drug-likeness (QED) is 0.529. The largest absolute Gasteiger partial charge is 0.469 e. The van der Waals surface area contributed by atoms with Gasteiger partial charge in [0, 0.05) is 25.1 Å². The van der Waals surface area contributed by atoms with E-state index in [4.69, 9.17) is 4.74 Å². The van der Waals surface area contributed by atoms with Gasteiger partial charge in [-0.3, -0.25) is 4.79 Å². The van der Waals surface area contributed by atoms with Gasteiger partial charge in [-0.05, 0) is 12.8 Å². The number of methoxy groups -OCH3 is 1. The van der Waals surface area contributed by atoms with Crippen molar-refractivity contribution < 1.29 is 14.3 Å². The molecule has 1 heterocycles. The lowest BCUT2D eigenvalue weighted by Crippen LogP contribution is -2.07. The number of aromatic nitrogens is 1. The second kappa shape index (κ2) is 9.75. The fourth-order valence-electron chi connectivity index (χ4n) is 1.41.